The van der Waals surface area contributed by atoms with Crippen molar-refractivity contribution in [3.05, 3.63) is 18.2 Å². The topological polar surface area (TPSA) is 49.9 Å². The molecule has 2 heterocycles. The number of nitrogens with one attached hydrogen (secondary N) is 2. The molecule has 2 rings (SSSR count). The molecule has 0 spiro atoms. The van der Waals surface area contributed by atoms with Gasteiger partial charge in [0.1, 0.15) is 5.82 Å². The van der Waals surface area contributed by atoms with Crippen molar-refractivity contribution in [3.63, 3.8) is 0 Å². The number of H-pyrrole nitrogens is 1. The van der Waals surface area contributed by atoms with Gasteiger partial charge in [-0.15, -0.1) is 0 Å². The highest BCUT2D eigenvalue weighted by molar-refractivity contribution is 4.94. The molecule has 0 saturated carbocycles. The second kappa shape index (κ2) is 6.77. The van der Waals surface area contributed by atoms with Crippen LogP contribution in [0.4, 0.5) is 0 Å². The van der Waals surface area contributed by atoms with Crippen molar-refractivity contribution < 1.29 is 4.74 Å². The Morgan fingerprint density at radius 3 is 3.18 bits per heavy atom. The third-order valence-corrected chi connectivity index (χ3v) is 3.29. The van der Waals surface area contributed by atoms with Crippen LogP contribution in [0.5, 0.6) is 0 Å². The van der Waals surface area contributed by atoms with Crippen LogP contribution in [0.3, 0.4) is 0 Å². The average Bonchev–Trinajstić information content (AvgIpc) is 2.88. The van der Waals surface area contributed by atoms with Crippen LogP contribution in [0, 0.1) is 0 Å². The Kier molecular flexibility index (Phi) is 5.01. The van der Waals surface area contributed by atoms with Gasteiger partial charge in [0.05, 0.1) is 6.10 Å². The van der Waals surface area contributed by atoms with Crippen molar-refractivity contribution in [2.24, 2.45) is 0 Å². The Morgan fingerprint density at radius 2 is 2.53 bits per heavy atom. The molecule has 0 bridgehead atoms. The van der Waals surface area contributed by atoms with Gasteiger partial charge in [-0.1, -0.05) is 6.92 Å². The largest absolute Gasteiger partial charge is 0.377 e. The Hall–Kier alpha value is -0.870. The second-order valence-corrected chi connectivity index (χ2v) is 4.71. The summed E-state index contributed by atoms with van der Waals surface area (Å²) < 4.78 is 5.88. The molecule has 0 aromatic carbocycles. The molecule has 96 valence electrons. The summed E-state index contributed by atoms with van der Waals surface area (Å²) >= 11 is 0. The lowest BCUT2D eigenvalue weighted by Crippen LogP contribution is -2.45. The van der Waals surface area contributed by atoms with Crippen LogP contribution in [-0.2, 0) is 11.2 Å². The summed E-state index contributed by atoms with van der Waals surface area (Å²) in [6, 6.07) is 0.390. The molecule has 1 aliphatic rings. The standard InChI is InChI=1S/C13H23N3O/c1-2-6-14-11(10-13-15-7-8-16-13)12-5-3-4-9-17-12/h7-8,11-12,14H,2-6,9-10H2,1H3,(H,15,16). The minimum atomic E-state index is 0.348. The second-order valence-electron chi connectivity index (χ2n) is 4.71. The van der Waals surface area contributed by atoms with E-state index in [1.807, 2.05) is 12.4 Å². The number of aromatic nitrogens is 2. The van der Waals surface area contributed by atoms with Gasteiger partial charge in [0, 0.05) is 31.5 Å². The summed E-state index contributed by atoms with van der Waals surface area (Å²) in [6.45, 7) is 4.15. The Morgan fingerprint density at radius 1 is 1.59 bits per heavy atom. The van der Waals surface area contributed by atoms with Crippen molar-refractivity contribution >= 4 is 0 Å². The van der Waals surface area contributed by atoms with Crippen LogP contribution in [0.15, 0.2) is 12.4 Å². The number of rotatable bonds is 6. The number of nitrogens with zero attached hydrogens (tertiary/aromatic N) is 1. The molecule has 0 aliphatic carbocycles. The molecule has 0 amide bonds. The molecule has 17 heavy (non-hydrogen) atoms. The van der Waals surface area contributed by atoms with Gasteiger partial charge in [0.2, 0.25) is 0 Å². The fourth-order valence-electron chi connectivity index (χ4n) is 2.37. The average molecular weight is 237 g/mol. The number of ether oxygens (including phenoxy) is 1. The van der Waals surface area contributed by atoms with E-state index in [1.165, 1.54) is 19.3 Å². The maximum absolute atomic E-state index is 5.88. The minimum absolute atomic E-state index is 0.348. The van der Waals surface area contributed by atoms with Gasteiger partial charge in [0.25, 0.3) is 0 Å². The van der Waals surface area contributed by atoms with Crippen molar-refractivity contribution in [2.45, 2.75) is 51.2 Å². The molecule has 4 nitrogen and oxygen atoms in total. The van der Waals surface area contributed by atoms with Crippen LogP contribution in [0.1, 0.15) is 38.4 Å². The molecule has 2 unspecified atom stereocenters. The van der Waals surface area contributed by atoms with E-state index < -0.39 is 0 Å². The smallest absolute Gasteiger partial charge is 0.107 e. The lowest BCUT2D eigenvalue weighted by molar-refractivity contribution is -0.00773. The van der Waals surface area contributed by atoms with Gasteiger partial charge in [0.15, 0.2) is 0 Å². The molecule has 4 heteroatoms. The summed E-state index contributed by atoms with van der Waals surface area (Å²) in [4.78, 5) is 7.48. The molecule has 1 saturated heterocycles. The molecule has 1 fully saturated rings. The van der Waals surface area contributed by atoms with E-state index in [-0.39, 0.29) is 0 Å². The zero-order chi connectivity index (χ0) is 11.9. The number of imidazole rings is 1. The van der Waals surface area contributed by atoms with Gasteiger partial charge in [-0.2, -0.15) is 0 Å². The van der Waals surface area contributed by atoms with Crippen molar-refractivity contribution in [2.75, 3.05) is 13.2 Å². The highest BCUT2D eigenvalue weighted by Gasteiger charge is 2.24. The molecular formula is C13H23N3O. The zero-order valence-electron chi connectivity index (χ0n) is 10.6. The highest BCUT2D eigenvalue weighted by Crippen LogP contribution is 2.17. The van der Waals surface area contributed by atoms with Crippen molar-refractivity contribution in [1.29, 1.82) is 0 Å². The molecular weight excluding hydrogens is 214 g/mol. The highest BCUT2D eigenvalue weighted by atomic mass is 16.5. The van der Waals surface area contributed by atoms with Crippen molar-refractivity contribution in [3.8, 4) is 0 Å². The quantitative estimate of drug-likeness (QED) is 0.794. The summed E-state index contributed by atoms with van der Waals surface area (Å²) in [5.74, 6) is 1.05. The molecule has 1 aromatic heterocycles. The maximum atomic E-state index is 5.88. The minimum Gasteiger partial charge on any atom is -0.377 e. The number of hydrogen-bond acceptors (Lipinski definition) is 3. The normalized spacial score (nSPS) is 22.5. The predicted octanol–water partition coefficient (Wildman–Crippen LogP) is 1.89. The van der Waals surface area contributed by atoms with E-state index in [4.69, 9.17) is 4.74 Å². The first kappa shape index (κ1) is 12.6. The van der Waals surface area contributed by atoms with Crippen molar-refractivity contribution in [1.82, 2.24) is 15.3 Å². The van der Waals surface area contributed by atoms with Crippen LogP contribution in [0.25, 0.3) is 0 Å². The third-order valence-electron chi connectivity index (χ3n) is 3.29. The summed E-state index contributed by atoms with van der Waals surface area (Å²) in [6.07, 6.45) is 9.79. The monoisotopic (exact) mass is 237 g/mol. The van der Waals surface area contributed by atoms with E-state index >= 15 is 0 Å². The van der Waals surface area contributed by atoms with E-state index in [2.05, 4.69) is 22.2 Å². The number of aromatic amines is 1. The first-order valence-corrected chi connectivity index (χ1v) is 6.73. The lowest BCUT2D eigenvalue weighted by atomic mass is 9.99. The first-order chi connectivity index (χ1) is 8.40. The molecule has 2 N–H and O–H groups in total. The van der Waals surface area contributed by atoms with Gasteiger partial charge in [-0.25, -0.2) is 4.98 Å². The Balaban J connectivity index is 1.91. The Labute approximate surface area is 103 Å². The fraction of sp³-hybridized carbons (Fsp3) is 0.769. The summed E-state index contributed by atoms with van der Waals surface area (Å²) in [5.41, 5.74) is 0. The molecule has 2 atom stereocenters. The molecule has 1 aliphatic heterocycles. The lowest BCUT2D eigenvalue weighted by Gasteiger charge is -2.30. The van der Waals surface area contributed by atoms with Gasteiger partial charge >= 0.3 is 0 Å². The van der Waals surface area contributed by atoms with E-state index in [0.717, 1.165) is 31.8 Å². The summed E-state index contributed by atoms with van der Waals surface area (Å²) in [5, 5.41) is 3.59. The molecule has 0 radical (unpaired) electrons. The van der Waals surface area contributed by atoms with Gasteiger partial charge in [-0.05, 0) is 32.2 Å². The predicted molar refractivity (Wildman–Crippen MR) is 68.0 cm³/mol. The van der Waals surface area contributed by atoms with Crippen LogP contribution in [0.2, 0.25) is 0 Å². The zero-order valence-corrected chi connectivity index (χ0v) is 10.6. The van der Waals surface area contributed by atoms with Crippen LogP contribution >= 0.6 is 0 Å². The van der Waals surface area contributed by atoms with Crippen LogP contribution in [-0.4, -0.2) is 35.3 Å². The maximum Gasteiger partial charge on any atom is 0.107 e. The Bertz CT molecular complexity index is 294. The summed E-state index contributed by atoms with van der Waals surface area (Å²) in [7, 11) is 0. The molecule has 1 aromatic rings. The SMILES string of the molecule is CCCNC(Cc1ncc[nH]1)C1CCCCO1. The third kappa shape index (κ3) is 3.82. The van der Waals surface area contributed by atoms with E-state index in [0.29, 0.717) is 12.1 Å². The van der Waals surface area contributed by atoms with E-state index in [9.17, 15) is 0 Å². The van der Waals surface area contributed by atoms with Crippen LogP contribution < -0.4 is 5.32 Å². The first-order valence-electron chi connectivity index (χ1n) is 6.73. The number of hydrogen-bond donors (Lipinski definition) is 2. The van der Waals surface area contributed by atoms with E-state index in [1.54, 1.807) is 0 Å². The van der Waals surface area contributed by atoms with Gasteiger partial charge < -0.3 is 15.0 Å². The fourth-order valence-corrected chi connectivity index (χ4v) is 2.37. The van der Waals surface area contributed by atoms with Gasteiger partial charge in [-0.3, -0.25) is 0 Å².